The van der Waals surface area contributed by atoms with Gasteiger partial charge in [0, 0.05) is 26.2 Å². The molecule has 0 saturated carbocycles. The van der Waals surface area contributed by atoms with E-state index in [4.69, 9.17) is 0 Å². The molecule has 1 fully saturated rings. The highest BCUT2D eigenvalue weighted by molar-refractivity contribution is 7.99. The van der Waals surface area contributed by atoms with E-state index in [9.17, 15) is 14.0 Å². The smallest absolute Gasteiger partial charge is 0.230 e. The Bertz CT molecular complexity index is 863. The van der Waals surface area contributed by atoms with Crippen molar-refractivity contribution in [3.8, 4) is 0 Å². The molecule has 0 unspecified atom stereocenters. The van der Waals surface area contributed by atoms with Crippen LogP contribution in [0.3, 0.4) is 0 Å². The molecule has 0 radical (unpaired) electrons. The quantitative estimate of drug-likeness (QED) is 0.577. The first-order chi connectivity index (χ1) is 15.0. The number of carbonyl (C=O) groups excluding carboxylic acids is 2. The summed E-state index contributed by atoms with van der Waals surface area (Å²) in [5, 5.41) is 15.0. The van der Waals surface area contributed by atoms with Crippen LogP contribution in [0.1, 0.15) is 31.7 Å². The van der Waals surface area contributed by atoms with Gasteiger partial charge in [-0.2, -0.15) is 0 Å². The lowest BCUT2D eigenvalue weighted by atomic mass is 9.97. The number of anilines is 1. The zero-order chi connectivity index (χ0) is 22.1. The molecule has 1 atom stereocenters. The number of benzene rings is 1. The summed E-state index contributed by atoms with van der Waals surface area (Å²) in [6.45, 7) is 4.59. The van der Waals surface area contributed by atoms with E-state index in [0.29, 0.717) is 24.7 Å². The number of halogens is 1. The molecule has 2 amide bonds. The topological polar surface area (TPSA) is 87.2 Å². The number of aromatic nitrogens is 2. The van der Waals surface area contributed by atoms with Crippen molar-refractivity contribution in [1.82, 2.24) is 20.8 Å². The predicted octanol–water partition coefficient (Wildman–Crippen LogP) is 2.77. The maximum absolute atomic E-state index is 12.9. The fourth-order valence-corrected chi connectivity index (χ4v) is 3.99. The molecule has 1 saturated heterocycles. The molecule has 9 heteroatoms. The molecular formula is C22H28FN5O2S. The van der Waals surface area contributed by atoms with Gasteiger partial charge in [-0.1, -0.05) is 30.8 Å². The lowest BCUT2D eigenvalue weighted by molar-refractivity contribution is -0.125. The van der Waals surface area contributed by atoms with Crippen molar-refractivity contribution >= 4 is 29.4 Å². The summed E-state index contributed by atoms with van der Waals surface area (Å²) in [4.78, 5) is 26.4. The van der Waals surface area contributed by atoms with Crippen molar-refractivity contribution in [2.45, 2.75) is 37.8 Å². The minimum Gasteiger partial charge on any atom is -0.356 e. The average molecular weight is 446 g/mol. The monoisotopic (exact) mass is 445 g/mol. The Morgan fingerprint density at radius 3 is 2.68 bits per heavy atom. The summed E-state index contributed by atoms with van der Waals surface area (Å²) in [7, 11) is 0. The molecule has 0 aliphatic carbocycles. The average Bonchev–Trinajstić information content (AvgIpc) is 2.81. The fourth-order valence-electron chi connectivity index (χ4n) is 3.34. The van der Waals surface area contributed by atoms with Gasteiger partial charge in [-0.15, -0.1) is 10.2 Å². The van der Waals surface area contributed by atoms with Crippen molar-refractivity contribution < 1.29 is 14.0 Å². The number of thioether (sulfide) groups is 1. The van der Waals surface area contributed by atoms with Crippen LogP contribution in [0.4, 0.5) is 10.2 Å². The largest absolute Gasteiger partial charge is 0.356 e. The van der Waals surface area contributed by atoms with Crippen LogP contribution in [0.5, 0.6) is 0 Å². The molecule has 7 nitrogen and oxygen atoms in total. The second-order valence-electron chi connectivity index (χ2n) is 7.50. The molecule has 1 aliphatic rings. The van der Waals surface area contributed by atoms with Gasteiger partial charge >= 0.3 is 0 Å². The Hall–Kier alpha value is -2.68. The standard InChI is InChI=1S/C22H28FN5O2S/c1-2-11-24-22(30)17-4-3-12-28(14-17)19-9-10-21(27-26-19)31-15-20(29)25-13-16-5-7-18(23)8-6-16/h5-10,17H,2-4,11-15H2,1H3,(H,24,30)(H,25,29)/t17-/m0/s1. The Morgan fingerprint density at radius 1 is 1.16 bits per heavy atom. The Morgan fingerprint density at radius 2 is 1.97 bits per heavy atom. The van der Waals surface area contributed by atoms with Crippen molar-refractivity contribution in [3.63, 3.8) is 0 Å². The number of hydrogen-bond donors (Lipinski definition) is 2. The number of hydrogen-bond acceptors (Lipinski definition) is 6. The maximum Gasteiger partial charge on any atom is 0.230 e. The number of nitrogens with one attached hydrogen (secondary N) is 2. The summed E-state index contributed by atoms with van der Waals surface area (Å²) in [5.41, 5.74) is 0.840. The molecule has 0 bridgehead atoms. The Labute approximate surface area is 186 Å². The van der Waals surface area contributed by atoms with Gasteiger partial charge in [-0.3, -0.25) is 9.59 Å². The molecule has 1 aromatic heterocycles. The molecule has 3 rings (SSSR count). The Balaban J connectivity index is 1.44. The summed E-state index contributed by atoms with van der Waals surface area (Å²) < 4.78 is 12.9. The van der Waals surface area contributed by atoms with Crippen LogP contribution in [-0.4, -0.2) is 47.4 Å². The zero-order valence-corrected chi connectivity index (χ0v) is 18.5. The van der Waals surface area contributed by atoms with Crippen LogP contribution < -0.4 is 15.5 Å². The Kier molecular flexibility index (Phi) is 8.63. The number of rotatable bonds is 9. The lowest BCUT2D eigenvalue weighted by Gasteiger charge is -2.32. The summed E-state index contributed by atoms with van der Waals surface area (Å²) in [6.07, 6.45) is 2.76. The molecule has 1 aromatic carbocycles. The predicted molar refractivity (Wildman–Crippen MR) is 119 cm³/mol. The lowest BCUT2D eigenvalue weighted by Crippen LogP contribution is -2.43. The highest BCUT2D eigenvalue weighted by Crippen LogP contribution is 2.23. The van der Waals surface area contributed by atoms with Crippen LogP contribution in [0.15, 0.2) is 41.4 Å². The van der Waals surface area contributed by atoms with Crippen LogP contribution >= 0.6 is 11.8 Å². The van der Waals surface area contributed by atoms with Crippen molar-refractivity contribution in [2.24, 2.45) is 5.92 Å². The highest BCUT2D eigenvalue weighted by atomic mass is 32.2. The van der Waals surface area contributed by atoms with Gasteiger partial charge in [0.25, 0.3) is 0 Å². The van der Waals surface area contributed by atoms with Gasteiger partial charge in [0.2, 0.25) is 11.8 Å². The van der Waals surface area contributed by atoms with E-state index < -0.39 is 0 Å². The first kappa shape index (κ1) is 23.0. The molecule has 2 N–H and O–H groups in total. The second-order valence-corrected chi connectivity index (χ2v) is 8.49. The van der Waals surface area contributed by atoms with Gasteiger partial charge < -0.3 is 15.5 Å². The van der Waals surface area contributed by atoms with E-state index in [0.717, 1.165) is 37.2 Å². The molecule has 0 spiro atoms. The number of amides is 2. The number of carbonyl (C=O) groups is 2. The third kappa shape index (κ3) is 7.20. The van der Waals surface area contributed by atoms with Crippen LogP contribution in [0.2, 0.25) is 0 Å². The number of nitrogens with zero attached hydrogens (tertiary/aromatic N) is 3. The van der Waals surface area contributed by atoms with Gasteiger partial charge in [0.15, 0.2) is 5.82 Å². The third-order valence-corrected chi connectivity index (χ3v) is 5.97. The fraction of sp³-hybridized carbons (Fsp3) is 0.455. The first-order valence-electron chi connectivity index (χ1n) is 10.6. The van der Waals surface area contributed by atoms with E-state index in [1.807, 2.05) is 19.1 Å². The molecular weight excluding hydrogens is 417 g/mol. The summed E-state index contributed by atoms with van der Waals surface area (Å²) in [6, 6.07) is 9.77. The minimum atomic E-state index is -0.299. The van der Waals surface area contributed by atoms with Gasteiger partial charge in [0.1, 0.15) is 10.8 Å². The molecule has 1 aliphatic heterocycles. The highest BCUT2D eigenvalue weighted by Gasteiger charge is 2.26. The zero-order valence-electron chi connectivity index (χ0n) is 17.6. The normalized spacial score (nSPS) is 16.1. The van der Waals surface area contributed by atoms with Crippen LogP contribution in [0.25, 0.3) is 0 Å². The van der Waals surface area contributed by atoms with Gasteiger partial charge in [0.05, 0.1) is 11.7 Å². The first-order valence-corrected chi connectivity index (χ1v) is 11.5. The third-order valence-electron chi connectivity index (χ3n) is 5.05. The SMILES string of the molecule is CCCNC(=O)[C@H]1CCCN(c2ccc(SCC(=O)NCc3ccc(F)cc3)nn2)C1. The van der Waals surface area contributed by atoms with E-state index in [-0.39, 0.29) is 29.3 Å². The van der Waals surface area contributed by atoms with E-state index >= 15 is 0 Å². The van der Waals surface area contributed by atoms with Crippen molar-refractivity contribution in [1.29, 1.82) is 0 Å². The van der Waals surface area contributed by atoms with E-state index in [2.05, 4.69) is 25.7 Å². The molecule has 31 heavy (non-hydrogen) atoms. The molecule has 2 aromatic rings. The van der Waals surface area contributed by atoms with Crippen LogP contribution in [0, 0.1) is 11.7 Å². The molecule has 166 valence electrons. The van der Waals surface area contributed by atoms with Crippen LogP contribution in [-0.2, 0) is 16.1 Å². The van der Waals surface area contributed by atoms with E-state index in [1.54, 1.807) is 12.1 Å². The minimum absolute atomic E-state index is 0.0269. The number of piperidine rings is 1. The summed E-state index contributed by atoms with van der Waals surface area (Å²) >= 11 is 1.31. The summed E-state index contributed by atoms with van der Waals surface area (Å²) in [5.74, 6) is 0.626. The maximum atomic E-state index is 12.9. The van der Waals surface area contributed by atoms with Gasteiger partial charge in [-0.25, -0.2) is 4.39 Å². The van der Waals surface area contributed by atoms with Crippen molar-refractivity contribution in [2.75, 3.05) is 30.3 Å². The van der Waals surface area contributed by atoms with E-state index in [1.165, 1.54) is 23.9 Å². The van der Waals surface area contributed by atoms with Crippen molar-refractivity contribution in [3.05, 3.63) is 47.8 Å². The second kappa shape index (κ2) is 11.6. The van der Waals surface area contributed by atoms with Gasteiger partial charge in [-0.05, 0) is 49.1 Å². The molecule has 2 heterocycles.